The summed E-state index contributed by atoms with van der Waals surface area (Å²) in [7, 11) is 0. The number of nitrogens with zero attached hydrogens (tertiary/aromatic N) is 4. The van der Waals surface area contributed by atoms with Crippen LogP contribution in [0.5, 0.6) is 5.75 Å². The summed E-state index contributed by atoms with van der Waals surface area (Å²) in [6.45, 7) is 6.77. The topological polar surface area (TPSA) is 108 Å². The molecule has 1 aromatic heterocycles. The molecule has 4 rings (SSSR count). The van der Waals surface area contributed by atoms with Crippen molar-refractivity contribution in [2.45, 2.75) is 6.92 Å². The van der Waals surface area contributed by atoms with Crippen molar-refractivity contribution in [2.24, 2.45) is 0 Å². The molecule has 3 N–H and O–H groups in total. The second kappa shape index (κ2) is 9.59. The maximum absolute atomic E-state index is 12.7. The smallest absolute Gasteiger partial charge is 0.281 e. The zero-order chi connectivity index (χ0) is 21.6. The number of morpholine rings is 1. The van der Waals surface area contributed by atoms with Gasteiger partial charge in [-0.1, -0.05) is 23.8 Å². The number of carbonyl (C=O) groups is 1. The van der Waals surface area contributed by atoms with Crippen molar-refractivity contribution in [3.8, 4) is 5.75 Å². The summed E-state index contributed by atoms with van der Waals surface area (Å²) in [5, 5.41) is 7.31. The maximum atomic E-state index is 12.7. The van der Waals surface area contributed by atoms with E-state index in [1.807, 2.05) is 43.3 Å². The number of ether oxygens (including phenoxy) is 2. The van der Waals surface area contributed by atoms with Crippen LogP contribution in [0.3, 0.4) is 0 Å². The van der Waals surface area contributed by atoms with E-state index >= 15 is 0 Å². The highest BCUT2D eigenvalue weighted by Crippen LogP contribution is 2.21. The number of hydrogen-bond donors (Lipinski definition) is 2. The van der Waals surface area contributed by atoms with Crippen molar-refractivity contribution in [2.75, 3.05) is 50.5 Å². The first-order valence-electron chi connectivity index (χ1n) is 10.2. The van der Waals surface area contributed by atoms with E-state index in [9.17, 15) is 4.79 Å². The third kappa shape index (κ3) is 5.39. The van der Waals surface area contributed by atoms with Crippen LogP contribution in [-0.2, 0) is 4.74 Å². The molecule has 31 heavy (non-hydrogen) atoms. The molecule has 0 atom stereocenters. The molecule has 1 aliphatic heterocycles. The number of nitrogens with one attached hydrogen (secondary N) is 1. The molecule has 0 radical (unpaired) electrons. The van der Waals surface area contributed by atoms with Crippen LogP contribution in [0.15, 0.2) is 48.5 Å². The number of rotatable bonds is 7. The minimum atomic E-state index is -0.332. The number of aryl methyl sites for hydroxylation is 1. The molecule has 1 aliphatic rings. The summed E-state index contributed by atoms with van der Waals surface area (Å²) in [4.78, 5) is 19.2. The van der Waals surface area contributed by atoms with E-state index in [1.165, 1.54) is 0 Å². The van der Waals surface area contributed by atoms with E-state index in [-0.39, 0.29) is 17.8 Å². The zero-order valence-electron chi connectivity index (χ0n) is 17.5. The molecule has 1 saturated heterocycles. The molecular formula is C22H26N6O3. The molecule has 162 valence electrons. The van der Waals surface area contributed by atoms with Gasteiger partial charge in [0, 0.05) is 37.0 Å². The lowest BCUT2D eigenvalue weighted by molar-refractivity contribution is 0.0322. The van der Waals surface area contributed by atoms with Crippen molar-refractivity contribution < 1.29 is 14.3 Å². The van der Waals surface area contributed by atoms with E-state index in [2.05, 4.69) is 20.3 Å². The first-order chi connectivity index (χ1) is 15.1. The fourth-order valence-corrected chi connectivity index (χ4v) is 3.34. The monoisotopic (exact) mass is 422 g/mol. The number of aromatic nitrogens is 3. The average molecular weight is 422 g/mol. The van der Waals surface area contributed by atoms with E-state index < -0.39 is 0 Å². The number of nitrogens with two attached hydrogens (primary N) is 1. The predicted octanol–water partition coefficient (Wildman–Crippen LogP) is 2.31. The molecule has 0 spiro atoms. The molecule has 3 aromatic rings. The lowest BCUT2D eigenvalue weighted by Gasteiger charge is -2.26. The number of benzene rings is 2. The molecule has 2 heterocycles. The van der Waals surface area contributed by atoms with Gasteiger partial charge in [-0.2, -0.15) is 9.67 Å². The van der Waals surface area contributed by atoms with E-state index in [1.54, 1.807) is 12.1 Å². The summed E-state index contributed by atoms with van der Waals surface area (Å²) in [5.74, 6) is 0.666. The molecule has 0 saturated carbocycles. The summed E-state index contributed by atoms with van der Waals surface area (Å²) in [5.41, 5.74) is 8.15. The van der Waals surface area contributed by atoms with Crippen LogP contribution < -0.4 is 15.8 Å². The molecular weight excluding hydrogens is 396 g/mol. The van der Waals surface area contributed by atoms with Gasteiger partial charge in [-0.25, -0.2) is 0 Å². The zero-order valence-corrected chi connectivity index (χ0v) is 17.5. The Hall–Kier alpha value is -3.43. The van der Waals surface area contributed by atoms with Gasteiger partial charge in [-0.3, -0.25) is 9.69 Å². The van der Waals surface area contributed by atoms with Gasteiger partial charge >= 0.3 is 0 Å². The third-order valence-electron chi connectivity index (χ3n) is 4.96. The summed E-state index contributed by atoms with van der Waals surface area (Å²) < 4.78 is 12.3. The van der Waals surface area contributed by atoms with E-state index in [0.717, 1.165) is 54.5 Å². The second-order valence-corrected chi connectivity index (χ2v) is 7.34. The van der Waals surface area contributed by atoms with Crippen molar-refractivity contribution in [1.29, 1.82) is 0 Å². The lowest BCUT2D eigenvalue weighted by atomic mass is 10.1. The molecule has 0 unspecified atom stereocenters. The standard InChI is InChI=1S/C22H26N6O3/c1-16-4-2-5-17(14-16)20(29)28-21(23)25-22(26-28)24-18-6-3-7-19(15-18)31-13-10-27-8-11-30-12-9-27/h2-7,14-15H,8-13H2,1H3,(H3,23,24,25,26). The lowest BCUT2D eigenvalue weighted by Crippen LogP contribution is -2.38. The van der Waals surface area contributed by atoms with Gasteiger partial charge < -0.3 is 20.5 Å². The Morgan fingerprint density at radius 1 is 1.19 bits per heavy atom. The first-order valence-corrected chi connectivity index (χ1v) is 10.2. The Kier molecular flexibility index (Phi) is 6.44. The summed E-state index contributed by atoms with van der Waals surface area (Å²) in [6, 6.07) is 14.8. The van der Waals surface area contributed by atoms with Crippen LogP contribution >= 0.6 is 0 Å². The summed E-state index contributed by atoms with van der Waals surface area (Å²) in [6.07, 6.45) is 0. The fourth-order valence-electron chi connectivity index (χ4n) is 3.34. The Bertz CT molecular complexity index is 1050. The van der Waals surface area contributed by atoms with E-state index in [4.69, 9.17) is 15.2 Å². The van der Waals surface area contributed by atoms with Crippen molar-refractivity contribution >= 4 is 23.5 Å². The maximum Gasteiger partial charge on any atom is 0.281 e. The van der Waals surface area contributed by atoms with Gasteiger partial charge in [0.25, 0.3) is 5.91 Å². The normalized spacial score (nSPS) is 14.4. The van der Waals surface area contributed by atoms with Crippen molar-refractivity contribution in [1.82, 2.24) is 19.7 Å². The number of nitrogen functional groups attached to an aromatic ring is 1. The van der Waals surface area contributed by atoms with Crippen LogP contribution in [0.1, 0.15) is 15.9 Å². The average Bonchev–Trinajstić information content (AvgIpc) is 3.14. The van der Waals surface area contributed by atoms with E-state index in [0.29, 0.717) is 12.2 Å². The molecule has 1 fully saturated rings. The van der Waals surface area contributed by atoms with Crippen LogP contribution in [0.25, 0.3) is 0 Å². The van der Waals surface area contributed by atoms with Gasteiger partial charge in [-0.15, -0.1) is 5.10 Å². The quantitative estimate of drug-likeness (QED) is 0.597. The van der Waals surface area contributed by atoms with Gasteiger partial charge in [0.05, 0.1) is 13.2 Å². The SMILES string of the molecule is Cc1cccc(C(=O)n2nc(Nc3cccc(OCCN4CCOCC4)c3)nc2N)c1. The van der Waals surface area contributed by atoms with Crippen molar-refractivity contribution in [3.63, 3.8) is 0 Å². The molecule has 0 bridgehead atoms. The highest BCUT2D eigenvalue weighted by Gasteiger charge is 2.16. The molecule has 0 aliphatic carbocycles. The highest BCUT2D eigenvalue weighted by atomic mass is 16.5. The molecule has 0 amide bonds. The Balaban J connectivity index is 1.38. The fraction of sp³-hybridized carbons (Fsp3) is 0.318. The third-order valence-corrected chi connectivity index (χ3v) is 4.96. The van der Waals surface area contributed by atoms with Crippen LogP contribution in [0, 0.1) is 6.92 Å². The first kappa shape index (κ1) is 20.8. The largest absolute Gasteiger partial charge is 0.492 e. The Morgan fingerprint density at radius 2 is 2.00 bits per heavy atom. The molecule has 2 aromatic carbocycles. The Labute approximate surface area is 180 Å². The molecule has 9 heteroatoms. The minimum Gasteiger partial charge on any atom is -0.492 e. The Morgan fingerprint density at radius 3 is 2.81 bits per heavy atom. The predicted molar refractivity (Wildman–Crippen MR) is 118 cm³/mol. The van der Waals surface area contributed by atoms with Gasteiger partial charge in [0.1, 0.15) is 12.4 Å². The van der Waals surface area contributed by atoms with Crippen molar-refractivity contribution in [3.05, 3.63) is 59.7 Å². The molecule has 9 nitrogen and oxygen atoms in total. The number of anilines is 3. The number of hydrogen-bond acceptors (Lipinski definition) is 8. The van der Waals surface area contributed by atoms with Gasteiger partial charge in [0.15, 0.2) is 0 Å². The van der Waals surface area contributed by atoms with Crippen LogP contribution in [0.4, 0.5) is 17.6 Å². The second-order valence-electron chi connectivity index (χ2n) is 7.34. The highest BCUT2D eigenvalue weighted by molar-refractivity contribution is 5.97. The van der Waals surface area contributed by atoms with Crippen LogP contribution in [0.2, 0.25) is 0 Å². The van der Waals surface area contributed by atoms with Gasteiger partial charge in [0.2, 0.25) is 11.9 Å². The van der Waals surface area contributed by atoms with Gasteiger partial charge in [-0.05, 0) is 31.2 Å². The van der Waals surface area contributed by atoms with Crippen LogP contribution in [-0.4, -0.2) is 65.0 Å². The number of carbonyl (C=O) groups excluding carboxylic acids is 1. The summed E-state index contributed by atoms with van der Waals surface area (Å²) >= 11 is 0. The minimum absolute atomic E-state index is 0.0203.